The highest BCUT2D eigenvalue weighted by Crippen LogP contribution is 2.21. The van der Waals surface area contributed by atoms with Crippen LogP contribution in [0.1, 0.15) is 31.1 Å². The summed E-state index contributed by atoms with van der Waals surface area (Å²) >= 11 is 6.02. The van der Waals surface area contributed by atoms with E-state index in [4.69, 9.17) is 16.3 Å². The van der Waals surface area contributed by atoms with Crippen molar-refractivity contribution in [2.45, 2.75) is 26.4 Å². The molecule has 0 bridgehead atoms. The Bertz CT molecular complexity index is 571. The van der Waals surface area contributed by atoms with Gasteiger partial charge in [0.05, 0.1) is 5.02 Å². The van der Waals surface area contributed by atoms with Gasteiger partial charge in [-0.3, -0.25) is 4.79 Å². The van der Waals surface area contributed by atoms with Crippen LogP contribution in [0.25, 0.3) is 0 Å². The van der Waals surface area contributed by atoms with Gasteiger partial charge >= 0.3 is 5.97 Å². The molecule has 0 aliphatic carbocycles. The zero-order chi connectivity index (χ0) is 16.2. The van der Waals surface area contributed by atoms with E-state index in [2.05, 4.69) is 0 Å². The number of nitrogens with zero attached hydrogens (tertiary/aromatic N) is 1. The van der Waals surface area contributed by atoms with Crippen molar-refractivity contribution < 1.29 is 14.3 Å². The van der Waals surface area contributed by atoms with Gasteiger partial charge in [0.1, 0.15) is 11.2 Å². The van der Waals surface area contributed by atoms with Crippen molar-refractivity contribution in [2.75, 3.05) is 14.1 Å². The SMILES string of the molecule is CN(C)/C=C(\C(=O)OC(C)(C)C)C(=O)c1ccccc1Cl. The summed E-state index contributed by atoms with van der Waals surface area (Å²) in [6, 6.07) is 6.61. The third kappa shape index (κ3) is 5.23. The van der Waals surface area contributed by atoms with E-state index in [1.807, 2.05) is 0 Å². The van der Waals surface area contributed by atoms with Crippen molar-refractivity contribution in [3.8, 4) is 0 Å². The van der Waals surface area contributed by atoms with Gasteiger partial charge in [0, 0.05) is 25.9 Å². The van der Waals surface area contributed by atoms with Gasteiger partial charge in [-0.05, 0) is 32.9 Å². The fourth-order valence-corrected chi connectivity index (χ4v) is 1.81. The number of carbonyl (C=O) groups is 2. The minimum absolute atomic E-state index is 0.0528. The van der Waals surface area contributed by atoms with Crippen molar-refractivity contribution in [1.29, 1.82) is 0 Å². The summed E-state index contributed by atoms with van der Waals surface area (Å²) in [4.78, 5) is 26.4. The van der Waals surface area contributed by atoms with Crippen molar-refractivity contribution in [2.24, 2.45) is 0 Å². The molecular formula is C16H20ClNO3. The average Bonchev–Trinajstić information content (AvgIpc) is 2.33. The number of hydrogen-bond acceptors (Lipinski definition) is 4. The zero-order valence-electron chi connectivity index (χ0n) is 12.9. The molecule has 0 unspecified atom stereocenters. The van der Waals surface area contributed by atoms with Crippen LogP contribution in [-0.2, 0) is 9.53 Å². The molecule has 0 aliphatic rings. The lowest BCUT2D eigenvalue weighted by atomic mass is 10.0. The number of carbonyl (C=O) groups excluding carboxylic acids is 2. The Morgan fingerprint density at radius 1 is 1.19 bits per heavy atom. The number of ether oxygens (including phenoxy) is 1. The van der Waals surface area contributed by atoms with Gasteiger partial charge in [-0.1, -0.05) is 23.7 Å². The van der Waals surface area contributed by atoms with Gasteiger partial charge in [-0.2, -0.15) is 0 Å². The largest absolute Gasteiger partial charge is 0.456 e. The van der Waals surface area contributed by atoms with Gasteiger partial charge in [0.15, 0.2) is 0 Å². The number of halogens is 1. The Morgan fingerprint density at radius 2 is 1.76 bits per heavy atom. The fourth-order valence-electron chi connectivity index (χ4n) is 1.59. The first-order valence-electron chi connectivity index (χ1n) is 6.52. The Labute approximate surface area is 130 Å². The van der Waals surface area contributed by atoms with Crippen LogP contribution in [-0.4, -0.2) is 36.3 Å². The maximum absolute atomic E-state index is 12.5. The highest BCUT2D eigenvalue weighted by Gasteiger charge is 2.27. The van der Waals surface area contributed by atoms with Gasteiger partial charge < -0.3 is 9.64 Å². The third-order valence-electron chi connectivity index (χ3n) is 2.37. The lowest BCUT2D eigenvalue weighted by Crippen LogP contribution is -2.28. The van der Waals surface area contributed by atoms with Crippen LogP contribution < -0.4 is 0 Å². The van der Waals surface area contributed by atoms with E-state index in [9.17, 15) is 9.59 Å². The normalized spacial score (nSPS) is 12.0. The summed E-state index contributed by atoms with van der Waals surface area (Å²) in [5.74, 6) is -1.12. The average molecular weight is 310 g/mol. The second-order valence-corrected chi connectivity index (χ2v) is 6.22. The molecule has 0 fully saturated rings. The van der Waals surface area contributed by atoms with E-state index in [0.29, 0.717) is 5.02 Å². The lowest BCUT2D eigenvalue weighted by Gasteiger charge is -2.21. The molecule has 0 spiro atoms. The van der Waals surface area contributed by atoms with E-state index in [1.165, 1.54) is 6.20 Å². The van der Waals surface area contributed by atoms with Gasteiger partial charge in [-0.25, -0.2) is 4.79 Å². The molecule has 0 aromatic heterocycles. The Kier molecular flexibility index (Phi) is 5.55. The van der Waals surface area contributed by atoms with Crippen molar-refractivity contribution in [3.63, 3.8) is 0 Å². The molecule has 0 radical (unpaired) electrons. The Hall–Kier alpha value is -1.81. The number of benzene rings is 1. The first-order chi connectivity index (χ1) is 9.61. The maximum Gasteiger partial charge on any atom is 0.344 e. The molecule has 4 nitrogen and oxygen atoms in total. The second-order valence-electron chi connectivity index (χ2n) is 5.82. The van der Waals surface area contributed by atoms with Crippen LogP contribution in [0.2, 0.25) is 5.02 Å². The van der Waals surface area contributed by atoms with Gasteiger partial charge in [-0.15, -0.1) is 0 Å². The zero-order valence-corrected chi connectivity index (χ0v) is 13.7. The fraction of sp³-hybridized carbons (Fsp3) is 0.375. The third-order valence-corrected chi connectivity index (χ3v) is 2.70. The van der Waals surface area contributed by atoms with Crippen LogP contribution in [0.15, 0.2) is 36.0 Å². The van der Waals surface area contributed by atoms with Gasteiger partial charge in [0.2, 0.25) is 5.78 Å². The first-order valence-corrected chi connectivity index (χ1v) is 6.90. The molecule has 1 aromatic rings. The monoisotopic (exact) mass is 309 g/mol. The van der Waals surface area contributed by atoms with E-state index >= 15 is 0 Å². The molecule has 0 saturated heterocycles. The molecule has 1 rings (SSSR count). The molecule has 21 heavy (non-hydrogen) atoms. The number of Topliss-reactive ketones (excluding diaryl/α,β-unsaturated/α-hetero) is 1. The van der Waals surface area contributed by atoms with E-state index in [0.717, 1.165) is 0 Å². The Morgan fingerprint density at radius 3 is 2.24 bits per heavy atom. The molecule has 0 N–H and O–H groups in total. The van der Waals surface area contributed by atoms with Crippen LogP contribution in [0, 0.1) is 0 Å². The molecule has 5 heteroatoms. The molecule has 114 valence electrons. The molecule has 0 heterocycles. The molecule has 0 aliphatic heterocycles. The lowest BCUT2D eigenvalue weighted by molar-refractivity contribution is -0.149. The maximum atomic E-state index is 12.5. The summed E-state index contributed by atoms with van der Waals surface area (Å²) in [6.07, 6.45) is 1.44. The number of rotatable bonds is 4. The molecular weight excluding hydrogens is 290 g/mol. The molecule has 0 amide bonds. The molecule has 0 atom stereocenters. The van der Waals surface area contributed by atoms with E-state index < -0.39 is 17.4 Å². The summed E-state index contributed by atoms with van der Waals surface area (Å²) < 4.78 is 5.29. The van der Waals surface area contributed by atoms with Crippen molar-refractivity contribution in [3.05, 3.63) is 46.6 Å². The minimum Gasteiger partial charge on any atom is -0.456 e. The minimum atomic E-state index is -0.677. The van der Waals surface area contributed by atoms with E-state index in [-0.39, 0.29) is 11.1 Å². The quantitative estimate of drug-likeness (QED) is 0.281. The van der Waals surface area contributed by atoms with E-state index in [1.54, 1.807) is 64.0 Å². The number of ketones is 1. The number of hydrogen-bond donors (Lipinski definition) is 0. The predicted molar refractivity (Wildman–Crippen MR) is 83.4 cm³/mol. The summed E-state index contributed by atoms with van der Waals surface area (Å²) in [5, 5.41) is 0.302. The topological polar surface area (TPSA) is 46.6 Å². The smallest absolute Gasteiger partial charge is 0.344 e. The Balaban J connectivity index is 3.19. The summed E-state index contributed by atoms with van der Waals surface area (Å²) in [5.41, 5.74) is -0.454. The standard InChI is InChI=1S/C16H20ClNO3/c1-16(2,3)21-15(20)12(10-18(4)5)14(19)11-8-6-7-9-13(11)17/h6-10H,1-5H3/b12-10-. The first kappa shape index (κ1) is 17.2. The van der Waals surface area contributed by atoms with Crippen molar-refractivity contribution in [1.82, 2.24) is 4.90 Å². The molecule has 1 aromatic carbocycles. The summed E-state index contributed by atoms with van der Waals surface area (Å²) in [6.45, 7) is 5.24. The van der Waals surface area contributed by atoms with Crippen molar-refractivity contribution >= 4 is 23.4 Å². The molecule has 0 saturated carbocycles. The number of esters is 1. The highest BCUT2D eigenvalue weighted by atomic mass is 35.5. The predicted octanol–water partition coefficient (Wildman–Crippen LogP) is 3.31. The van der Waals surface area contributed by atoms with Crippen LogP contribution in [0.5, 0.6) is 0 Å². The van der Waals surface area contributed by atoms with Crippen LogP contribution >= 0.6 is 11.6 Å². The van der Waals surface area contributed by atoms with Gasteiger partial charge in [0.25, 0.3) is 0 Å². The summed E-state index contributed by atoms with van der Waals surface area (Å²) in [7, 11) is 3.45. The highest BCUT2D eigenvalue weighted by molar-refractivity contribution is 6.36. The van der Waals surface area contributed by atoms with Crippen LogP contribution in [0.3, 0.4) is 0 Å². The second kappa shape index (κ2) is 6.76. The van der Waals surface area contributed by atoms with Crippen LogP contribution in [0.4, 0.5) is 0 Å².